The van der Waals surface area contributed by atoms with Crippen molar-refractivity contribution in [3.05, 3.63) is 35.9 Å². The Morgan fingerprint density at radius 3 is 2.39 bits per heavy atom. The van der Waals surface area contributed by atoms with Crippen molar-refractivity contribution in [2.45, 2.75) is 51.9 Å². The van der Waals surface area contributed by atoms with Crippen molar-refractivity contribution >= 4 is 18.0 Å². The van der Waals surface area contributed by atoms with Crippen LogP contribution in [0.3, 0.4) is 0 Å². The van der Waals surface area contributed by atoms with Crippen LogP contribution in [0.15, 0.2) is 30.3 Å². The molecule has 2 aliphatic rings. The standard InChI is InChI=1S/C21H27NO6/c1-21(2,3)28-20(26)22-15-10-13-9-14(15)17(18(23)24)16(13)19(25)27-11-12-7-5-4-6-8-12/h4-8,13-17H,9-11H2,1-3H3,(H,22,26)(H,23,24)/t13?,14?,15-,16-,17-/m0/s1. The van der Waals surface area contributed by atoms with Crippen LogP contribution in [-0.4, -0.2) is 34.8 Å². The average molecular weight is 389 g/mol. The number of alkyl carbamates (subject to hydrolysis) is 1. The first kappa shape index (κ1) is 20.2. The summed E-state index contributed by atoms with van der Waals surface area (Å²) in [5.41, 5.74) is 0.230. The van der Waals surface area contributed by atoms with Gasteiger partial charge in [-0.2, -0.15) is 0 Å². The molecule has 2 fully saturated rings. The highest BCUT2D eigenvalue weighted by atomic mass is 16.6. The molecular weight excluding hydrogens is 362 g/mol. The SMILES string of the molecule is CC(C)(C)OC(=O)N[C@H]1CC2CC1[C@H](C(=O)O)[C@H]2C(=O)OCc1ccccc1. The van der Waals surface area contributed by atoms with Crippen LogP contribution in [0, 0.1) is 23.7 Å². The maximum atomic E-state index is 12.6. The predicted octanol–water partition coefficient (Wildman–Crippen LogP) is 2.98. The summed E-state index contributed by atoms with van der Waals surface area (Å²) < 4.78 is 10.7. The van der Waals surface area contributed by atoms with Crippen LogP contribution in [0.1, 0.15) is 39.2 Å². The van der Waals surface area contributed by atoms with Gasteiger partial charge in [0.2, 0.25) is 0 Å². The molecule has 2 N–H and O–H groups in total. The van der Waals surface area contributed by atoms with Crippen LogP contribution in [0.4, 0.5) is 4.79 Å². The second-order valence-electron chi connectivity index (χ2n) is 8.63. The van der Waals surface area contributed by atoms with Gasteiger partial charge in [0.05, 0.1) is 11.8 Å². The van der Waals surface area contributed by atoms with E-state index in [1.54, 1.807) is 20.8 Å². The Morgan fingerprint density at radius 2 is 1.79 bits per heavy atom. The van der Waals surface area contributed by atoms with E-state index in [2.05, 4.69) is 5.32 Å². The number of ether oxygens (including phenoxy) is 2. The molecule has 2 aliphatic carbocycles. The fourth-order valence-electron chi connectivity index (χ4n) is 4.49. The van der Waals surface area contributed by atoms with Crippen LogP contribution >= 0.6 is 0 Å². The second kappa shape index (κ2) is 7.81. The molecule has 28 heavy (non-hydrogen) atoms. The van der Waals surface area contributed by atoms with E-state index >= 15 is 0 Å². The largest absolute Gasteiger partial charge is 0.481 e. The quantitative estimate of drug-likeness (QED) is 0.751. The van der Waals surface area contributed by atoms with Crippen molar-refractivity contribution < 1.29 is 29.0 Å². The summed E-state index contributed by atoms with van der Waals surface area (Å²) in [7, 11) is 0. The first-order chi connectivity index (χ1) is 13.2. The maximum Gasteiger partial charge on any atom is 0.407 e. The fraction of sp³-hybridized carbons (Fsp3) is 0.571. The van der Waals surface area contributed by atoms with Crippen molar-refractivity contribution in [1.29, 1.82) is 0 Å². The van der Waals surface area contributed by atoms with Crippen molar-refractivity contribution in [1.82, 2.24) is 5.32 Å². The minimum absolute atomic E-state index is 0.116. The van der Waals surface area contributed by atoms with Crippen molar-refractivity contribution in [3.8, 4) is 0 Å². The van der Waals surface area contributed by atoms with E-state index in [-0.39, 0.29) is 24.5 Å². The van der Waals surface area contributed by atoms with E-state index in [4.69, 9.17) is 9.47 Å². The molecule has 0 aromatic heterocycles. The number of carbonyl (C=O) groups excluding carboxylic acids is 2. The molecule has 152 valence electrons. The molecular formula is C21H27NO6. The van der Waals surface area contributed by atoms with Gasteiger partial charge in [0, 0.05) is 6.04 Å². The first-order valence-corrected chi connectivity index (χ1v) is 9.58. The first-order valence-electron chi connectivity index (χ1n) is 9.58. The number of hydrogen-bond donors (Lipinski definition) is 2. The monoisotopic (exact) mass is 389 g/mol. The van der Waals surface area contributed by atoms with E-state index in [0.29, 0.717) is 12.8 Å². The smallest absolute Gasteiger partial charge is 0.407 e. The van der Waals surface area contributed by atoms with E-state index in [9.17, 15) is 19.5 Å². The normalized spacial score (nSPS) is 28.6. The molecule has 1 amide bonds. The fourth-order valence-corrected chi connectivity index (χ4v) is 4.49. The average Bonchev–Trinajstić information content (AvgIpc) is 3.16. The Bertz CT molecular complexity index is 741. The molecule has 0 saturated heterocycles. The highest BCUT2D eigenvalue weighted by Crippen LogP contribution is 2.53. The number of amides is 1. The number of rotatable bonds is 5. The Morgan fingerprint density at radius 1 is 1.11 bits per heavy atom. The van der Waals surface area contributed by atoms with E-state index in [1.807, 2.05) is 30.3 Å². The Labute approximate surface area is 164 Å². The summed E-state index contributed by atoms with van der Waals surface area (Å²) in [6.07, 6.45) is 0.582. The van der Waals surface area contributed by atoms with Gasteiger partial charge in [0.1, 0.15) is 12.2 Å². The topological polar surface area (TPSA) is 102 Å². The number of esters is 1. The zero-order valence-electron chi connectivity index (χ0n) is 16.4. The third kappa shape index (κ3) is 4.46. The Balaban J connectivity index is 1.63. The lowest BCUT2D eigenvalue weighted by molar-refractivity contribution is -0.161. The highest BCUT2D eigenvalue weighted by Gasteiger charge is 2.59. The minimum atomic E-state index is -1.02. The number of carbonyl (C=O) groups is 3. The number of nitrogens with one attached hydrogen (secondary N) is 1. The molecule has 2 unspecified atom stereocenters. The van der Waals surface area contributed by atoms with Gasteiger partial charge >= 0.3 is 18.0 Å². The van der Waals surface area contributed by atoms with Crippen LogP contribution in [0.25, 0.3) is 0 Å². The molecule has 2 saturated carbocycles. The van der Waals surface area contributed by atoms with Crippen LogP contribution in [-0.2, 0) is 25.7 Å². The predicted molar refractivity (Wildman–Crippen MR) is 100 cm³/mol. The number of carboxylic acids is 1. The van der Waals surface area contributed by atoms with Crippen LogP contribution in [0.5, 0.6) is 0 Å². The highest BCUT2D eigenvalue weighted by molar-refractivity contribution is 5.83. The Hall–Kier alpha value is -2.57. The lowest BCUT2D eigenvalue weighted by atomic mass is 9.77. The van der Waals surface area contributed by atoms with Gasteiger partial charge in [-0.15, -0.1) is 0 Å². The summed E-state index contributed by atoms with van der Waals surface area (Å²) >= 11 is 0. The van der Waals surface area contributed by atoms with Crippen LogP contribution < -0.4 is 5.32 Å². The van der Waals surface area contributed by atoms with Gasteiger partial charge in [-0.25, -0.2) is 4.79 Å². The second-order valence-corrected chi connectivity index (χ2v) is 8.63. The zero-order valence-corrected chi connectivity index (χ0v) is 16.4. The lowest BCUT2D eigenvalue weighted by Gasteiger charge is -2.33. The van der Waals surface area contributed by atoms with Gasteiger partial charge in [0.15, 0.2) is 0 Å². The van der Waals surface area contributed by atoms with E-state index < -0.39 is 35.5 Å². The van der Waals surface area contributed by atoms with Gasteiger partial charge in [0.25, 0.3) is 0 Å². The molecule has 5 atom stereocenters. The summed E-state index contributed by atoms with van der Waals surface area (Å²) in [5.74, 6) is -3.45. The van der Waals surface area contributed by atoms with E-state index in [1.165, 1.54) is 0 Å². The van der Waals surface area contributed by atoms with Gasteiger partial charge in [-0.3, -0.25) is 9.59 Å². The number of fused-ring (bicyclic) bond motifs is 2. The zero-order chi connectivity index (χ0) is 20.5. The van der Waals surface area contributed by atoms with E-state index in [0.717, 1.165) is 5.56 Å². The summed E-state index contributed by atoms with van der Waals surface area (Å²) in [5, 5.41) is 12.5. The molecule has 0 radical (unpaired) electrons. The van der Waals surface area contributed by atoms with Gasteiger partial charge in [-0.05, 0) is 51.0 Å². The summed E-state index contributed by atoms with van der Waals surface area (Å²) in [6.45, 7) is 5.43. The molecule has 3 rings (SSSR count). The minimum Gasteiger partial charge on any atom is -0.481 e. The lowest BCUT2D eigenvalue weighted by Crippen LogP contribution is -2.48. The third-order valence-electron chi connectivity index (χ3n) is 5.49. The molecule has 1 aromatic rings. The molecule has 7 nitrogen and oxygen atoms in total. The van der Waals surface area contributed by atoms with Crippen LogP contribution in [0.2, 0.25) is 0 Å². The molecule has 0 aliphatic heterocycles. The summed E-state index contributed by atoms with van der Waals surface area (Å²) in [6, 6.07) is 8.98. The number of aliphatic carboxylic acids is 1. The molecule has 7 heteroatoms. The van der Waals surface area contributed by atoms with Crippen molar-refractivity contribution in [3.63, 3.8) is 0 Å². The van der Waals surface area contributed by atoms with Gasteiger partial charge in [-0.1, -0.05) is 30.3 Å². The maximum absolute atomic E-state index is 12.6. The van der Waals surface area contributed by atoms with Crippen molar-refractivity contribution in [2.24, 2.45) is 23.7 Å². The molecule has 2 bridgehead atoms. The van der Waals surface area contributed by atoms with Gasteiger partial charge < -0.3 is 19.9 Å². The summed E-state index contributed by atoms with van der Waals surface area (Å²) in [4.78, 5) is 36.6. The number of carboxylic acid groups (broad SMARTS) is 1. The molecule has 0 heterocycles. The molecule has 0 spiro atoms. The number of benzene rings is 1. The van der Waals surface area contributed by atoms with Crippen molar-refractivity contribution in [2.75, 3.05) is 0 Å². The Kier molecular flexibility index (Phi) is 5.63. The number of hydrogen-bond acceptors (Lipinski definition) is 5. The third-order valence-corrected chi connectivity index (χ3v) is 5.49. The molecule has 1 aromatic carbocycles.